The maximum atomic E-state index is 6.38. The average molecular weight is 747 g/mol. The number of thioether (sulfide) groups is 6. The zero-order valence-electron chi connectivity index (χ0n) is 22.8. The van der Waals surface area contributed by atoms with Gasteiger partial charge in [0.1, 0.15) is 8.42 Å². The van der Waals surface area contributed by atoms with E-state index in [0.717, 1.165) is 58.9 Å². The second-order valence-electron chi connectivity index (χ2n) is 9.49. The maximum Gasteiger partial charge on any atom is 0.186 e. The van der Waals surface area contributed by atoms with Gasteiger partial charge in [-0.05, 0) is 12.5 Å². The minimum Gasteiger partial charge on any atom is -0.488 e. The van der Waals surface area contributed by atoms with Gasteiger partial charge in [0, 0.05) is 55.4 Å². The van der Waals surface area contributed by atoms with Crippen molar-refractivity contribution in [1.82, 2.24) is 0 Å². The van der Waals surface area contributed by atoms with Crippen molar-refractivity contribution in [1.29, 1.82) is 0 Å². The molecule has 0 amide bonds. The molecule has 0 fully saturated rings. The number of thiophene rings is 4. The SMILES string of the molecule is CSc1sc(-c2sc(-c3sc(-c4sc(SC)c5c4OCCCO5)c4c3SCCS4)c3c2SCCS3)c2c1OCCCO2. The average Bonchev–Trinajstić information content (AvgIpc) is 3.67. The van der Waals surface area contributed by atoms with E-state index in [2.05, 4.69) is 12.5 Å². The number of ether oxygens (including phenoxy) is 4. The third-order valence-corrected chi connectivity index (χ3v) is 20.0. The molecule has 0 atom stereocenters. The Labute approximate surface area is 287 Å². The predicted molar refractivity (Wildman–Crippen MR) is 192 cm³/mol. The van der Waals surface area contributed by atoms with Gasteiger partial charge in [-0.2, -0.15) is 0 Å². The third kappa shape index (κ3) is 5.06. The molecule has 222 valence electrons. The molecule has 4 nitrogen and oxygen atoms in total. The Kier molecular flexibility index (Phi) is 8.93. The Hall–Kier alpha value is 0.1000. The zero-order chi connectivity index (χ0) is 28.2. The highest BCUT2D eigenvalue weighted by atomic mass is 32.2. The molecule has 4 aromatic heterocycles. The second-order valence-corrected chi connectivity index (χ2v) is 20.1. The minimum absolute atomic E-state index is 0.706. The van der Waals surface area contributed by atoms with Crippen LogP contribution in [0.5, 0.6) is 23.0 Å². The highest BCUT2D eigenvalue weighted by Gasteiger charge is 2.35. The van der Waals surface area contributed by atoms with Gasteiger partial charge in [-0.15, -0.1) is 116 Å². The lowest BCUT2D eigenvalue weighted by atomic mass is 10.3. The Morgan fingerprint density at radius 2 is 0.762 bits per heavy atom. The van der Waals surface area contributed by atoms with E-state index < -0.39 is 0 Å². The van der Waals surface area contributed by atoms with Crippen LogP contribution in [-0.2, 0) is 0 Å². The van der Waals surface area contributed by atoms with Gasteiger partial charge in [0.2, 0.25) is 0 Å². The van der Waals surface area contributed by atoms with Gasteiger partial charge in [0.25, 0.3) is 0 Å². The molecule has 4 aliphatic rings. The third-order valence-electron chi connectivity index (χ3n) is 6.94. The van der Waals surface area contributed by atoms with Crippen LogP contribution in [0.3, 0.4) is 0 Å². The van der Waals surface area contributed by atoms with Crippen LogP contribution in [0, 0.1) is 0 Å². The van der Waals surface area contributed by atoms with Crippen molar-refractivity contribution in [3.05, 3.63) is 0 Å². The van der Waals surface area contributed by atoms with Gasteiger partial charge in [-0.3, -0.25) is 0 Å². The Bertz CT molecular complexity index is 1530. The summed E-state index contributed by atoms with van der Waals surface area (Å²) in [6.45, 7) is 2.84. The van der Waals surface area contributed by atoms with E-state index in [1.54, 1.807) is 23.5 Å². The van der Waals surface area contributed by atoms with Crippen LogP contribution in [0.15, 0.2) is 28.0 Å². The van der Waals surface area contributed by atoms with Crippen molar-refractivity contribution >= 4 is 116 Å². The quantitative estimate of drug-likeness (QED) is 0.184. The lowest BCUT2D eigenvalue weighted by molar-refractivity contribution is 0.295. The molecule has 8 rings (SSSR count). The number of hydrogen-bond acceptors (Lipinski definition) is 14. The molecule has 0 saturated heterocycles. The standard InChI is InChI=1S/C28H26O4S10/c1-33-27-15-13(29-5-3-7-31-15)17(41-27)23-19-21(37-11-9-35-19)25(39-23)26-22-20(36-10-12-38-22)24(40-26)18-14-16(28(34-2)42-18)32-8-4-6-30-14/h3-12H2,1-2H3. The maximum absolute atomic E-state index is 6.38. The molecule has 0 unspecified atom stereocenters. The molecule has 0 aromatic carbocycles. The first-order chi connectivity index (χ1) is 20.8. The van der Waals surface area contributed by atoms with Crippen molar-refractivity contribution in [3.8, 4) is 52.3 Å². The van der Waals surface area contributed by atoms with Crippen LogP contribution in [0.2, 0.25) is 0 Å². The summed E-state index contributed by atoms with van der Waals surface area (Å²) in [5.41, 5.74) is 0. The zero-order valence-corrected chi connectivity index (χ0v) is 31.0. The normalized spacial score (nSPS) is 17.9. The Morgan fingerprint density at radius 1 is 0.429 bits per heavy atom. The Morgan fingerprint density at radius 3 is 1.12 bits per heavy atom. The van der Waals surface area contributed by atoms with E-state index >= 15 is 0 Å². The van der Waals surface area contributed by atoms with E-state index in [9.17, 15) is 0 Å². The molecule has 0 radical (unpaired) electrons. The molecular formula is C28H26O4S10. The topological polar surface area (TPSA) is 36.9 Å². The summed E-state index contributed by atoms with van der Waals surface area (Å²) in [5.74, 6) is 8.36. The minimum atomic E-state index is 0.706. The summed E-state index contributed by atoms with van der Waals surface area (Å²) in [6.07, 6.45) is 6.12. The van der Waals surface area contributed by atoms with Crippen LogP contribution in [0.4, 0.5) is 0 Å². The van der Waals surface area contributed by atoms with Gasteiger partial charge < -0.3 is 18.9 Å². The fourth-order valence-electron chi connectivity index (χ4n) is 5.16. The molecular weight excluding hydrogens is 721 g/mol. The number of rotatable bonds is 5. The molecule has 8 heterocycles. The van der Waals surface area contributed by atoms with Crippen molar-refractivity contribution < 1.29 is 18.9 Å². The van der Waals surface area contributed by atoms with Gasteiger partial charge in [0.05, 0.1) is 55.7 Å². The molecule has 0 aliphatic carbocycles. The van der Waals surface area contributed by atoms with Crippen LogP contribution < -0.4 is 18.9 Å². The highest BCUT2D eigenvalue weighted by molar-refractivity contribution is 8.06. The first-order valence-corrected chi connectivity index (χ1v) is 23.2. The lowest BCUT2D eigenvalue weighted by Gasteiger charge is -2.15. The van der Waals surface area contributed by atoms with Crippen LogP contribution in [0.25, 0.3) is 29.3 Å². The molecule has 14 heteroatoms. The second kappa shape index (κ2) is 12.7. The summed E-state index contributed by atoms with van der Waals surface area (Å²) < 4.78 is 27.7. The Balaban J connectivity index is 1.31. The van der Waals surface area contributed by atoms with E-state index in [-0.39, 0.29) is 0 Å². The largest absolute Gasteiger partial charge is 0.488 e. The first kappa shape index (κ1) is 29.5. The lowest BCUT2D eigenvalue weighted by Crippen LogP contribution is -1.98. The monoisotopic (exact) mass is 746 g/mol. The highest BCUT2D eigenvalue weighted by Crippen LogP contribution is 2.65. The summed E-state index contributed by atoms with van der Waals surface area (Å²) >= 11 is 19.2. The number of fused-ring (bicyclic) bond motifs is 4. The molecule has 0 N–H and O–H groups in total. The van der Waals surface area contributed by atoms with E-state index in [4.69, 9.17) is 18.9 Å². The number of hydrogen-bond donors (Lipinski definition) is 0. The van der Waals surface area contributed by atoms with Crippen molar-refractivity contribution in [2.24, 2.45) is 0 Å². The molecule has 42 heavy (non-hydrogen) atoms. The molecule has 4 aliphatic heterocycles. The van der Waals surface area contributed by atoms with E-state index in [1.165, 1.54) is 57.3 Å². The summed E-state index contributed by atoms with van der Waals surface area (Å²) in [4.78, 5) is 13.8. The smallest absolute Gasteiger partial charge is 0.186 e. The fourth-order valence-corrected chi connectivity index (χ4v) is 17.9. The molecule has 0 saturated carbocycles. The van der Waals surface area contributed by atoms with Gasteiger partial charge in [-0.25, -0.2) is 0 Å². The summed E-state index contributed by atoms with van der Waals surface area (Å²) in [6, 6.07) is 0. The van der Waals surface area contributed by atoms with Gasteiger partial charge in [0.15, 0.2) is 23.0 Å². The van der Waals surface area contributed by atoms with E-state index in [1.807, 2.05) is 92.4 Å². The summed E-state index contributed by atoms with van der Waals surface area (Å²) in [5, 5.41) is 0. The van der Waals surface area contributed by atoms with Gasteiger partial charge in [-0.1, -0.05) is 0 Å². The first-order valence-electron chi connectivity index (χ1n) is 13.6. The van der Waals surface area contributed by atoms with Crippen molar-refractivity contribution in [3.63, 3.8) is 0 Å². The van der Waals surface area contributed by atoms with Crippen molar-refractivity contribution in [2.75, 3.05) is 62.0 Å². The summed E-state index contributed by atoms with van der Waals surface area (Å²) in [7, 11) is 0. The molecule has 0 spiro atoms. The molecule has 4 aromatic rings. The fraction of sp³-hybridized carbons (Fsp3) is 0.429. The van der Waals surface area contributed by atoms with Crippen LogP contribution in [0.1, 0.15) is 12.8 Å². The van der Waals surface area contributed by atoms with Gasteiger partial charge >= 0.3 is 0 Å². The molecule has 0 bridgehead atoms. The van der Waals surface area contributed by atoms with Crippen molar-refractivity contribution in [2.45, 2.75) is 40.8 Å². The van der Waals surface area contributed by atoms with Crippen LogP contribution >= 0.6 is 116 Å². The van der Waals surface area contributed by atoms with Crippen LogP contribution in [-0.4, -0.2) is 62.0 Å². The van der Waals surface area contributed by atoms with E-state index in [0.29, 0.717) is 26.4 Å². The predicted octanol–water partition coefficient (Wildman–Crippen LogP) is 11.1.